The van der Waals surface area contributed by atoms with E-state index in [-0.39, 0.29) is 0 Å². The predicted molar refractivity (Wildman–Crippen MR) is 70.9 cm³/mol. The highest BCUT2D eigenvalue weighted by atomic mass is 32.2. The second-order valence-electron chi connectivity index (χ2n) is 4.09. The van der Waals surface area contributed by atoms with Crippen LogP contribution < -0.4 is 5.73 Å². The van der Waals surface area contributed by atoms with Crippen LogP contribution in [-0.2, 0) is 6.42 Å². The third-order valence-corrected chi connectivity index (χ3v) is 3.94. The Morgan fingerprint density at radius 2 is 1.88 bits per heavy atom. The molecule has 0 heterocycles. The molecule has 0 saturated heterocycles. The lowest BCUT2D eigenvalue weighted by atomic mass is 10.1. The van der Waals surface area contributed by atoms with Gasteiger partial charge < -0.3 is 5.73 Å². The van der Waals surface area contributed by atoms with E-state index < -0.39 is 0 Å². The normalized spacial score (nSPS) is 12.3. The van der Waals surface area contributed by atoms with E-state index in [2.05, 4.69) is 42.7 Å². The van der Waals surface area contributed by atoms with Gasteiger partial charge in [0.1, 0.15) is 0 Å². The number of nitrogens with two attached hydrogens (primary N) is 1. The third-order valence-electron chi connectivity index (χ3n) is 3.14. The summed E-state index contributed by atoms with van der Waals surface area (Å²) in [4.78, 5) is 1.18. The monoisotopic (exact) mass is 227 g/mol. The topological polar surface area (TPSA) is 26.0 Å². The zero-order chi connectivity index (χ0) is 11.1. The lowest BCUT2D eigenvalue weighted by molar-refractivity contribution is 1.25. The molecular formula is C14H13NS. The summed E-state index contributed by atoms with van der Waals surface area (Å²) >= 11 is 1.71. The lowest BCUT2D eigenvalue weighted by Crippen LogP contribution is -1.91. The number of benzene rings is 2. The minimum Gasteiger partial charge on any atom is -0.398 e. The van der Waals surface area contributed by atoms with Crippen LogP contribution in [0.2, 0.25) is 0 Å². The molecule has 3 rings (SSSR count). The van der Waals surface area contributed by atoms with Crippen molar-refractivity contribution in [3.8, 4) is 11.1 Å². The Bertz CT molecular complexity index is 561. The molecule has 0 bridgehead atoms. The minimum absolute atomic E-state index is 0.902. The third kappa shape index (κ3) is 1.34. The van der Waals surface area contributed by atoms with Gasteiger partial charge in [-0.3, -0.25) is 0 Å². The Labute approximate surface area is 99.7 Å². The van der Waals surface area contributed by atoms with Gasteiger partial charge in [0, 0.05) is 10.6 Å². The Kier molecular flexibility index (Phi) is 2.18. The molecule has 16 heavy (non-hydrogen) atoms. The highest BCUT2D eigenvalue weighted by molar-refractivity contribution is 7.98. The molecule has 0 spiro atoms. The van der Waals surface area contributed by atoms with Gasteiger partial charge in [-0.2, -0.15) is 0 Å². The molecule has 2 aromatic carbocycles. The summed E-state index contributed by atoms with van der Waals surface area (Å²) in [5.41, 5.74) is 12.4. The molecule has 1 aliphatic carbocycles. The molecule has 0 radical (unpaired) electrons. The minimum atomic E-state index is 0.902. The summed E-state index contributed by atoms with van der Waals surface area (Å²) in [5.74, 6) is 0. The first-order valence-electron chi connectivity index (χ1n) is 5.34. The molecule has 0 saturated carbocycles. The Balaban J connectivity index is 2.24. The van der Waals surface area contributed by atoms with Gasteiger partial charge in [-0.1, -0.05) is 24.3 Å². The van der Waals surface area contributed by atoms with Crippen LogP contribution in [0.15, 0.2) is 41.3 Å². The first-order valence-corrected chi connectivity index (χ1v) is 6.56. The van der Waals surface area contributed by atoms with Crippen LogP contribution in [0.1, 0.15) is 11.1 Å². The number of hydrogen-bond donors (Lipinski definition) is 1. The van der Waals surface area contributed by atoms with Gasteiger partial charge in [0.25, 0.3) is 0 Å². The summed E-state index contributed by atoms with van der Waals surface area (Å²) in [6.07, 6.45) is 3.09. The van der Waals surface area contributed by atoms with Gasteiger partial charge in [0.2, 0.25) is 0 Å². The van der Waals surface area contributed by atoms with Crippen molar-refractivity contribution in [2.24, 2.45) is 0 Å². The Hall–Kier alpha value is -1.41. The SMILES string of the molecule is CSc1cc2c(cc1N)Cc1ccccc1-2. The van der Waals surface area contributed by atoms with Gasteiger partial charge >= 0.3 is 0 Å². The van der Waals surface area contributed by atoms with Crippen molar-refractivity contribution >= 4 is 17.4 Å². The number of nitrogen functional groups attached to an aromatic ring is 1. The van der Waals surface area contributed by atoms with Crippen LogP contribution in [-0.4, -0.2) is 6.26 Å². The van der Waals surface area contributed by atoms with Crippen LogP contribution >= 0.6 is 11.8 Å². The summed E-state index contributed by atoms with van der Waals surface area (Å²) in [5, 5.41) is 0. The largest absolute Gasteiger partial charge is 0.398 e. The first kappa shape index (κ1) is 9.79. The summed E-state index contributed by atoms with van der Waals surface area (Å²) in [7, 11) is 0. The van der Waals surface area contributed by atoms with Crippen LogP contribution in [0.3, 0.4) is 0 Å². The molecule has 0 amide bonds. The Morgan fingerprint density at radius 1 is 1.06 bits per heavy atom. The van der Waals surface area contributed by atoms with E-state index in [0.29, 0.717) is 0 Å². The molecule has 0 atom stereocenters. The highest BCUT2D eigenvalue weighted by Crippen LogP contribution is 2.40. The molecule has 0 aliphatic heterocycles. The first-order chi connectivity index (χ1) is 7.79. The summed E-state index contributed by atoms with van der Waals surface area (Å²) < 4.78 is 0. The molecule has 80 valence electrons. The van der Waals surface area contributed by atoms with E-state index in [1.807, 2.05) is 0 Å². The molecule has 1 nitrogen and oxygen atoms in total. The fraction of sp³-hybridized carbons (Fsp3) is 0.143. The van der Waals surface area contributed by atoms with Crippen LogP contribution in [0.25, 0.3) is 11.1 Å². The zero-order valence-corrected chi connectivity index (χ0v) is 9.97. The van der Waals surface area contributed by atoms with Crippen molar-refractivity contribution in [1.82, 2.24) is 0 Å². The number of thioether (sulfide) groups is 1. The molecule has 1 aliphatic rings. The fourth-order valence-electron chi connectivity index (χ4n) is 2.36. The maximum atomic E-state index is 6.02. The van der Waals surface area contributed by atoms with Crippen LogP contribution in [0, 0.1) is 0 Å². The molecule has 2 N–H and O–H groups in total. The van der Waals surface area contributed by atoms with Crippen molar-refractivity contribution in [1.29, 1.82) is 0 Å². The van der Waals surface area contributed by atoms with Crippen molar-refractivity contribution in [2.75, 3.05) is 12.0 Å². The van der Waals surface area contributed by atoms with Gasteiger partial charge in [-0.05, 0) is 47.1 Å². The average Bonchev–Trinajstić information content (AvgIpc) is 2.65. The second-order valence-corrected chi connectivity index (χ2v) is 4.93. The summed E-state index contributed by atoms with van der Waals surface area (Å²) in [6.45, 7) is 0. The maximum absolute atomic E-state index is 6.02. The van der Waals surface area contributed by atoms with Crippen LogP contribution in [0.5, 0.6) is 0 Å². The Morgan fingerprint density at radius 3 is 2.69 bits per heavy atom. The standard InChI is InChI=1S/C14H13NS/c1-16-14-8-12-10(7-13(14)15)6-9-4-2-3-5-11(9)12/h2-5,7-8H,6,15H2,1H3. The van der Waals surface area contributed by atoms with Gasteiger partial charge in [-0.15, -0.1) is 11.8 Å². The van der Waals surface area contributed by atoms with Crippen LogP contribution in [0.4, 0.5) is 5.69 Å². The van der Waals surface area contributed by atoms with Crippen molar-refractivity contribution in [2.45, 2.75) is 11.3 Å². The van der Waals surface area contributed by atoms with Crippen molar-refractivity contribution in [3.63, 3.8) is 0 Å². The van der Waals surface area contributed by atoms with Gasteiger partial charge in [0.05, 0.1) is 0 Å². The molecule has 0 unspecified atom stereocenters. The smallest absolute Gasteiger partial charge is 0.0455 e. The van der Waals surface area contributed by atoms with E-state index in [4.69, 9.17) is 5.73 Å². The van der Waals surface area contributed by atoms with Crippen molar-refractivity contribution < 1.29 is 0 Å². The molecule has 2 aromatic rings. The quantitative estimate of drug-likeness (QED) is 0.508. The number of hydrogen-bond acceptors (Lipinski definition) is 2. The molecule has 2 heteroatoms. The maximum Gasteiger partial charge on any atom is 0.0455 e. The highest BCUT2D eigenvalue weighted by Gasteiger charge is 2.19. The van der Waals surface area contributed by atoms with Crippen molar-refractivity contribution in [3.05, 3.63) is 47.5 Å². The number of fused-ring (bicyclic) bond motifs is 3. The number of rotatable bonds is 1. The van der Waals surface area contributed by atoms with E-state index >= 15 is 0 Å². The van der Waals surface area contributed by atoms with E-state index in [9.17, 15) is 0 Å². The van der Waals surface area contributed by atoms with E-state index in [1.165, 1.54) is 27.1 Å². The van der Waals surface area contributed by atoms with Gasteiger partial charge in [0.15, 0.2) is 0 Å². The average molecular weight is 227 g/mol. The molecule has 0 fully saturated rings. The number of anilines is 1. The zero-order valence-electron chi connectivity index (χ0n) is 9.16. The molecule has 0 aromatic heterocycles. The summed E-state index contributed by atoms with van der Waals surface area (Å²) in [6, 6.07) is 12.9. The molecular weight excluding hydrogens is 214 g/mol. The predicted octanol–water partition coefficient (Wildman–Crippen LogP) is 3.56. The second kappa shape index (κ2) is 3.56. The van der Waals surface area contributed by atoms with E-state index in [0.717, 1.165) is 12.1 Å². The fourth-order valence-corrected chi connectivity index (χ4v) is 2.89. The van der Waals surface area contributed by atoms with E-state index in [1.54, 1.807) is 11.8 Å². The van der Waals surface area contributed by atoms with Gasteiger partial charge in [-0.25, -0.2) is 0 Å². The lowest BCUT2D eigenvalue weighted by Gasteiger charge is -2.07.